The Kier molecular flexibility index (Phi) is 2.10. The number of hydrogen-bond donors (Lipinski definition) is 1. The fraction of sp³-hybridized carbons (Fsp3) is 0.100. The van der Waals surface area contributed by atoms with Crippen molar-refractivity contribution in [1.29, 1.82) is 5.26 Å². The zero-order valence-corrected chi connectivity index (χ0v) is 8.07. The SMILES string of the molecule is N#CCc1c(F)ccc2c(N)csc12. The Morgan fingerprint density at radius 1 is 1.50 bits per heavy atom. The molecule has 0 atom stereocenters. The van der Waals surface area contributed by atoms with Gasteiger partial charge in [0, 0.05) is 21.0 Å². The van der Waals surface area contributed by atoms with Crippen molar-refractivity contribution in [2.45, 2.75) is 6.42 Å². The zero-order chi connectivity index (χ0) is 10.1. The number of nitriles is 1. The van der Waals surface area contributed by atoms with E-state index in [1.54, 1.807) is 11.4 Å². The Bertz CT molecular complexity index is 525. The molecule has 1 aromatic heterocycles. The van der Waals surface area contributed by atoms with Crippen molar-refractivity contribution in [3.63, 3.8) is 0 Å². The molecule has 14 heavy (non-hydrogen) atoms. The van der Waals surface area contributed by atoms with Crippen LogP contribution in [0, 0.1) is 17.1 Å². The Labute approximate surface area is 84.4 Å². The van der Waals surface area contributed by atoms with Gasteiger partial charge in [-0.2, -0.15) is 5.26 Å². The highest BCUT2D eigenvalue weighted by Crippen LogP contribution is 2.32. The van der Waals surface area contributed by atoms with E-state index in [2.05, 4.69) is 0 Å². The van der Waals surface area contributed by atoms with Gasteiger partial charge in [0.25, 0.3) is 0 Å². The molecule has 0 saturated heterocycles. The molecule has 1 aromatic carbocycles. The fourth-order valence-corrected chi connectivity index (χ4v) is 2.39. The lowest BCUT2D eigenvalue weighted by Crippen LogP contribution is -1.89. The predicted molar refractivity (Wildman–Crippen MR) is 55.5 cm³/mol. The number of benzene rings is 1. The van der Waals surface area contributed by atoms with E-state index in [4.69, 9.17) is 11.0 Å². The first kappa shape index (κ1) is 8.97. The van der Waals surface area contributed by atoms with Gasteiger partial charge in [-0.15, -0.1) is 11.3 Å². The van der Waals surface area contributed by atoms with Gasteiger partial charge in [-0.05, 0) is 12.1 Å². The molecule has 0 bridgehead atoms. The van der Waals surface area contributed by atoms with Crippen LogP contribution >= 0.6 is 11.3 Å². The Balaban J connectivity index is 2.78. The number of hydrogen-bond acceptors (Lipinski definition) is 3. The lowest BCUT2D eigenvalue weighted by molar-refractivity contribution is 0.618. The maximum absolute atomic E-state index is 13.3. The second-order valence-electron chi connectivity index (χ2n) is 2.93. The first-order chi connectivity index (χ1) is 6.74. The van der Waals surface area contributed by atoms with E-state index in [9.17, 15) is 4.39 Å². The van der Waals surface area contributed by atoms with Crippen LogP contribution < -0.4 is 5.73 Å². The number of rotatable bonds is 1. The van der Waals surface area contributed by atoms with Crippen LogP contribution in [0.3, 0.4) is 0 Å². The smallest absolute Gasteiger partial charge is 0.128 e. The van der Waals surface area contributed by atoms with Gasteiger partial charge in [0.2, 0.25) is 0 Å². The molecular formula is C10H7FN2S. The summed E-state index contributed by atoms with van der Waals surface area (Å²) < 4.78 is 14.1. The molecule has 2 aromatic rings. The predicted octanol–water partition coefficient (Wildman–Crippen LogP) is 2.69. The second kappa shape index (κ2) is 3.28. The zero-order valence-electron chi connectivity index (χ0n) is 7.25. The second-order valence-corrected chi connectivity index (χ2v) is 3.81. The number of fused-ring (bicyclic) bond motifs is 1. The summed E-state index contributed by atoms with van der Waals surface area (Å²) in [6.07, 6.45) is 0.0864. The highest BCUT2D eigenvalue weighted by atomic mass is 32.1. The van der Waals surface area contributed by atoms with E-state index in [1.165, 1.54) is 17.4 Å². The van der Waals surface area contributed by atoms with Crippen LogP contribution in [0.2, 0.25) is 0 Å². The van der Waals surface area contributed by atoms with E-state index in [0.29, 0.717) is 11.3 Å². The Morgan fingerprint density at radius 2 is 2.29 bits per heavy atom. The fourth-order valence-electron chi connectivity index (χ4n) is 1.40. The highest BCUT2D eigenvalue weighted by Gasteiger charge is 2.10. The van der Waals surface area contributed by atoms with Crippen LogP contribution in [0.4, 0.5) is 10.1 Å². The summed E-state index contributed by atoms with van der Waals surface area (Å²) in [7, 11) is 0. The monoisotopic (exact) mass is 206 g/mol. The topological polar surface area (TPSA) is 49.8 Å². The molecule has 2 nitrogen and oxygen atoms in total. The summed E-state index contributed by atoms with van der Waals surface area (Å²) in [6.45, 7) is 0. The third-order valence-corrected chi connectivity index (χ3v) is 3.15. The Hall–Kier alpha value is -1.60. The van der Waals surface area contributed by atoms with Gasteiger partial charge in [0.15, 0.2) is 0 Å². The molecule has 0 spiro atoms. The minimum Gasteiger partial charge on any atom is -0.398 e. The maximum Gasteiger partial charge on any atom is 0.128 e. The van der Waals surface area contributed by atoms with Gasteiger partial charge < -0.3 is 5.73 Å². The summed E-state index contributed by atoms with van der Waals surface area (Å²) in [5.41, 5.74) is 6.79. The van der Waals surface area contributed by atoms with Crippen molar-refractivity contribution in [2.24, 2.45) is 0 Å². The third kappa shape index (κ3) is 1.22. The van der Waals surface area contributed by atoms with E-state index in [1.807, 2.05) is 6.07 Å². The van der Waals surface area contributed by atoms with Crippen LogP contribution in [0.15, 0.2) is 17.5 Å². The molecule has 0 aliphatic carbocycles. The minimum absolute atomic E-state index is 0.0864. The van der Waals surface area contributed by atoms with E-state index < -0.39 is 0 Å². The average molecular weight is 206 g/mol. The quantitative estimate of drug-likeness (QED) is 0.779. The molecule has 2 rings (SSSR count). The van der Waals surface area contributed by atoms with Gasteiger partial charge in [-0.25, -0.2) is 4.39 Å². The molecule has 0 aliphatic rings. The minimum atomic E-state index is -0.332. The van der Waals surface area contributed by atoms with Crippen molar-refractivity contribution in [3.05, 3.63) is 28.9 Å². The van der Waals surface area contributed by atoms with Crippen molar-refractivity contribution in [3.8, 4) is 6.07 Å². The van der Waals surface area contributed by atoms with Gasteiger partial charge in [-0.3, -0.25) is 0 Å². The number of nitrogens with zero attached hydrogens (tertiary/aromatic N) is 1. The summed E-state index contributed by atoms with van der Waals surface area (Å²) in [5, 5.41) is 11.2. The molecular weight excluding hydrogens is 199 g/mol. The standard InChI is InChI=1S/C10H7FN2S/c11-8-2-1-7-9(13)5-14-10(7)6(8)3-4-12/h1-2,5H,3,13H2. The lowest BCUT2D eigenvalue weighted by atomic mass is 10.1. The first-order valence-electron chi connectivity index (χ1n) is 4.05. The van der Waals surface area contributed by atoms with Crippen LogP contribution in [0.5, 0.6) is 0 Å². The third-order valence-electron chi connectivity index (χ3n) is 2.07. The molecule has 70 valence electrons. The molecule has 0 aliphatic heterocycles. The average Bonchev–Trinajstić information content (AvgIpc) is 2.53. The van der Waals surface area contributed by atoms with Gasteiger partial charge in [-0.1, -0.05) is 0 Å². The van der Waals surface area contributed by atoms with Crippen molar-refractivity contribution in [1.82, 2.24) is 0 Å². The summed E-state index contributed by atoms with van der Waals surface area (Å²) in [4.78, 5) is 0. The molecule has 0 radical (unpaired) electrons. The largest absolute Gasteiger partial charge is 0.398 e. The van der Waals surface area contributed by atoms with Gasteiger partial charge >= 0.3 is 0 Å². The summed E-state index contributed by atoms with van der Waals surface area (Å²) in [5.74, 6) is -0.332. The first-order valence-corrected chi connectivity index (χ1v) is 4.93. The van der Waals surface area contributed by atoms with Crippen molar-refractivity contribution < 1.29 is 4.39 Å². The van der Waals surface area contributed by atoms with Crippen LogP contribution in [-0.2, 0) is 6.42 Å². The molecule has 1 heterocycles. The normalized spacial score (nSPS) is 10.3. The van der Waals surface area contributed by atoms with Gasteiger partial charge in [0.1, 0.15) is 5.82 Å². The molecule has 0 fully saturated rings. The van der Waals surface area contributed by atoms with E-state index in [-0.39, 0.29) is 12.2 Å². The number of thiophene rings is 1. The van der Waals surface area contributed by atoms with Crippen LogP contribution in [0.1, 0.15) is 5.56 Å². The van der Waals surface area contributed by atoms with Crippen molar-refractivity contribution >= 4 is 27.1 Å². The van der Waals surface area contributed by atoms with Crippen LogP contribution in [0.25, 0.3) is 10.1 Å². The number of nitrogen functional groups attached to an aromatic ring is 1. The molecule has 0 unspecified atom stereocenters. The Morgan fingerprint density at radius 3 is 3.00 bits per heavy atom. The molecule has 2 N–H and O–H groups in total. The maximum atomic E-state index is 13.3. The summed E-state index contributed by atoms with van der Waals surface area (Å²) >= 11 is 1.38. The lowest BCUT2D eigenvalue weighted by Gasteiger charge is -1.99. The van der Waals surface area contributed by atoms with E-state index >= 15 is 0 Å². The number of halogens is 1. The van der Waals surface area contributed by atoms with Crippen LogP contribution in [-0.4, -0.2) is 0 Å². The highest BCUT2D eigenvalue weighted by molar-refractivity contribution is 7.18. The molecule has 0 saturated carbocycles. The van der Waals surface area contributed by atoms with Crippen molar-refractivity contribution in [2.75, 3.05) is 5.73 Å². The summed E-state index contributed by atoms with van der Waals surface area (Å²) in [6, 6.07) is 4.96. The van der Waals surface area contributed by atoms with Gasteiger partial charge in [0.05, 0.1) is 18.2 Å². The number of nitrogens with two attached hydrogens (primary N) is 1. The number of anilines is 1. The van der Waals surface area contributed by atoms with E-state index in [0.717, 1.165) is 10.1 Å². The molecule has 0 amide bonds. The molecule has 4 heteroatoms.